The Kier molecular flexibility index (Phi) is 3.44. The second-order valence-electron chi connectivity index (χ2n) is 7.16. The number of imidazole rings is 1. The van der Waals surface area contributed by atoms with E-state index in [2.05, 4.69) is 4.98 Å². The zero-order valence-corrected chi connectivity index (χ0v) is 14.5. The zero-order chi connectivity index (χ0) is 19.6. The first-order valence-corrected chi connectivity index (χ1v) is 8.87. The van der Waals surface area contributed by atoms with E-state index >= 15 is 0 Å². The maximum absolute atomic E-state index is 13.5. The molecule has 0 N–H and O–H groups in total. The lowest BCUT2D eigenvalue weighted by Gasteiger charge is -2.11. The second-order valence-corrected chi connectivity index (χ2v) is 7.16. The number of fused-ring (bicyclic) bond motifs is 2. The molecule has 1 aliphatic carbocycles. The molecule has 28 heavy (non-hydrogen) atoms. The van der Waals surface area contributed by atoms with Gasteiger partial charge < -0.3 is 4.40 Å². The average molecular weight is 385 g/mol. The van der Waals surface area contributed by atoms with Crippen molar-refractivity contribution in [2.75, 3.05) is 0 Å². The van der Waals surface area contributed by atoms with Crippen LogP contribution in [0.1, 0.15) is 56.3 Å². The number of imide groups is 1. The first-order chi connectivity index (χ1) is 13.3. The Labute approximate surface area is 157 Å². The van der Waals surface area contributed by atoms with E-state index < -0.39 is 23.6 Å². The molecule has 3 aromatic rings. The van der Waals surface area contributed by atoms with Gasteiger partial charge in [0.25, 0.3) is 11.8 Å². The molecule has 0 radical (unpaired) electrons. The Bertz CT molecular complexity index is 1110. The number of nitrogens with zero attached hydrogens (tertiary/aromatic N) is 3. The normalized spacial score (nSPS) is 16.9. The van der Waals surface area contributed by atoms with Gasteiger partial charge in [-0.05, 0) is 42.5 Å². The fourth-order valence-corrected chi connectivity index (χ4v) is 3.64. The summed E-state index contributed by atoms with van der Waals surface area (Å²) < 4.78 is 41.9. The van der Waals surface area contributed by atoms with Gasteiger partial charge in [-0.1, -0.05) is 12.1 Å². The zero-order valence-electron chi connectivity index (χ0n) is 14.5. The molecule has 5 nitrogen and oxygen atoms in total. The first kappa shape index (κ1) is 17.0. The number of hydrogen-bond acceptors (Lipinski definition) is 3. The highest BCUT2D eigenvalue weighted by Crippen LogP contribution is 2.43. The van der Waals surface area contributed by atoms with Gasteiger partial charge in [0.2, 0.25) is 0 Å². The fraction of sp³-hybridized carbons (Fsp3) is 0.250. The Morgan fingerprint density at radius 1 is 1.04 bits per heavy atom. The number of carbonyl (C=O) groups excluding carboxylic acids is 2. The summed E-state index contributed by atoms with van der Waals surface area (Å²) in [7, 11) is 0. The summed E-state index contributed by atoms with van der Waals surface area (Å²) in [5.41, 5.74) is 0.429. The standard InChI is InChI=1S/C20H14F3N3O2/c21-20(22,23)16-7-12(11-5-6-11)8-25-9-13(24-17(16)25)10-26-18(27)14-3-1-2-4-15(14)19(26)28/h1-4,7-9,11H,5-6,10H2. The lowest BCUT2D eigenvalue weighted by Crippen LogP contribution is -2.29. The molecule has 1 aliphatic heterocycles. The predicted octanol–water partition coefficient (Wildman–Crippen LogP) is 4.03. The van der Waals surface area contributed by atoms with E-state index in [0.717, 1.165) is 23.8 Å². The molecule has 0 atom stereocenters. The molecule has 3 heterocycles. The molecule has 142 valence electrons. The fourth-order valence-electron chi connectivity index (χ4n) is 3.64. The number of aromatic nitrogens is 2. The number of pyridine rings is 1. The van der Waals surface area contributed by atoms with Crippen molar-refractivity contribution in [1.29, 1.82) is 0 Å². The smallest absolute Gasteiger partial charge is 0.306 e. The van der Waals surface area contributed by atoms with Crippen molar-refractivity contribution >= 4 is 17.5 Å². The summed E-state index contributed by atoms with van der Waals surface area (Å²) in [5, 5.41) is 0. The summed E-state index contributed by atoms with van der Waals surface area (Å²) >= 11 is 0. The maximum Gasteiger partial charge on any atom is 0.419 e. The summed E-state index contributed by atoms with van der Waals surface area (Å²) in [5.74, 6) is -0.785. The van der Waals surface area contributed by atoms with E-state index in [1.54, 1.807) is 30.5 Å². The van der Waals surface area contributed by atoms with Crippen LogP contribution < -0.4 is 0 Å². The Morgan fingerprint density at radius 3 is 2.25 bits per heavy atom. The van der Waals surface area contributed by atoms with Gasteiger partial charge >= 0.3 is 6.18 Å². The van der Waals surface area contributed by atoms with Crippen LogP contribution in [0.15, 0.2) is 42.7 Å². The Balaban J connectivity index is 1.54. The van der Waals surface area contributed by atoms with Gasteiger partial charge in [0, 0.05) is 12.4 Å². The van der Waals surface area contributed by atoms with Crippen LogP contribution >= 0.6 is 0 Å². The molecular weight excluding hydrogens is 371 g/mol. The van der Waals surface area contributed by atoms with Crippen LogP contribution in [0.2, 0.25) is 0 Å². The molecule has 2 aliphatic rings. The largest absolute Gasteiger partial charge is 0.419 e. The number of halogens is 3. The van der Waals surface area contributed by atoms with Crippen LogP contribution in [0.25, 0.3) is 5.65 Å². The van der Waals surface area contributed by atoms with E-state index in [0.29, 0.717) is 16.7 Å². The van der Waals surface area contributed by atoms with Crippen LogP contribution in [0, 0.1) is 0 Å². The highest BCUT2D eigenvalue weighted by Gasteiger charge is 2.38. The number of carbonyl (C=O) groups is 2. The van der Waals surface area contributed by atoms with Crippen LogP contribution in [-0.4, -0.2) is 26.1 Å². The topological polar surface area (TPSA) is 54.7 Å². The molecule has 8 heteroatoms. The summed E-state index contributed by atoms with van der Waals surface area (Å²) in [6.07, 6.45) is 0.324. The lowest BCUT2D eigenvalue weighted by molar-refractivity contribution is -0.136. The van der Waals surface area contributed by atoms with Gasteiger partial charge in [-0.15, -0.1) is 0 Å². The number of rotatable bonds is 3. The second kappa shape index (κ2) is 5.67. The van der Waals surface area contributed by atoms with Crippen LogP contribution in [0.4, 0.5) is 13.2 Å². The minimum Gasteiger partial charge on any atom is -0.306 e. The van der Waals surface area contributed by atoms with Gasteiger partial charge in [0.15, 0.2) is 0 Å². The molecule has 0 unspecified atom stereocenters. The van der Waals surface area contributed by atoms with E-state index in [1.807, 2.05) is 0 Å². The molecule has 1 fully saturated rings. The molecule has 5 rings (SSSR count). The van der Waals surface area contributed by atoms with E-state index in [9.17, 15) is 22.8 Å². The maximum atomic E-state index is 13.5. The number of hydrogen-bond donors (Lipinski definition) is 0. The third kappa shape index (κ3) is 2.59. The molecule has 0 bridgehead atoms. The predicted molar refractivity (Wildman–Crippen MR) is 92.8 cm³/mol. The highest BCUT2D eigenvalue weighted by atomic mass is 19.4. The monoisotopic (exact) mass is 385 g/mol. The van der Waals surface area contributed by atoms with E-state index in [-0.39, 0.29) is 23.8 Å². The number of alkyl halides is 3. The summed E-state index contributed by atoms with van der Waals surface area (Å²) in [6.45, 7) is -0.177. The third-order valence-corrected chi connectivity index (χ3v) is 5.17. The third-order valence-electron chi connectivity index (χ3n) is 5.17. The van der Waals surface area contributed by atoms with Crippen molar-refractivity contribution in [2.45, 2.75) is 31.5 Å². The van der Waals surface area contributed by atoms with Crippen LogP contribution in [-0.2, 0) is 12.7 Å². The molecule has 0 saturated heterocycles. The highest BCUT2D eigenvalue weighted by molar-refractivity contribution is 6.21. The Morgan fingerprint density at radius 2 is 1.68 bits per heavy atom. The SMILES string of the molecule is O=C1c2ccccc2C(=O)N1Cc1cn2cc(C3CC3)cc(C(F)(F)F)c2n1. The molecule has 2 aromatic heterocycles. The quantitative estimate of drug-likeness (QED) is 0.640. The van der Waals surface area contributed by atoms with Crippen molar-refractivity contribution in [1.82, 2.24) is 14.3 Å². The number of benzene rings is 1. The van der Waals surface area contributed by atoms with Gasteiger partial charge in [-0.3, -0.25) is 14.5 Å². The van der Waals surface area contributed by atoms with Crippen molar-refractivity contribution < 1.29 is 22.8 Å². The first-order valence-electron chi connectivity index (χ1n) is 8.87. The van der Waals surface area contributed by atoms with Gasteiger partial charge in [0.1, 0.15) is 5.65 Å². The minimum atomic E-state index is -4.54. The number of amides is 2. The van der Waals surface area contributed by atoms with E-state index in [1.165, 1.54) is 10.6 Å². The molecule has 1 aromatic carbocycles. The van der Waals surface area contributed by atoms with Crippen LogP contribution in [0.5, 0.6) is 0 Å². The lowest BCUT2D eigenvalue weighted by atomic mass is 10.1. The van der Waals surface area contributed by atoms with Gasteiger partial charge in [0.05, 0.1) is 28.9 Å². The van der Waals surface area contributed by atoms with Crippen LogP contribution in [0.3, 0.4) is 0 Å². The molecule has 0 spiro atoms. The van der Waals surface area contributed by atoms with Crippen molar-refractivity contribution in [3.05, 3.63) is 70.7 Å². The summed E-state index contributed by atoms with van der Waals surface area (Å²) in [6, 6.07) is 7.60. The van der Waals surface area contributed by atoms with Gasteiger partial charge in [-0.2, -0.15) is 13.2 Å². The Hall–Kier alpha value is -3.16. The minimum absolute atomic E-state index is 0.146. The van der Waals surface area contributed by atoms with Crippen molar-refractivity contribution in [3.63, 3.8) is 0 Å². The molecule has 1 saturated carbocycles. The molecule has 2 amide bonds. The van der Waals surface area contributed by atoms with Gasteiger partial charge in [-0.25, -0.2) is 4.98 Å². The average Bonchev–Trinajstić information content (AvgIpc) is 3.38. The van der Waals surface area contributed by atoms with Crippen molar-refractivity contribution in [3.8, 4) is 0 Å². The molecular formula is C20H14F3N3O2. The summed E-state index contributed by atoms with van der Waals surface area (Å²) in [4.78, 5) is 30.1. The van der Waals surface area contributed by atoms with Crippen molar-refractivity contribution in [2.24, 2.45) is 0 Å². The van der Waals surface area contributed by atoms with E-state index in [4.69, 9.17) is 0 Å².